The van der Waals surface area contributed by atoms with Crippen molar-refractivity contribution in [2.75, 3.05) is 0 Å². The summed E-state index contributed by atoms with van der Waals surface area (Å²) in [6.45, 7) is 9.34. The van der Waals surface area contributed by atoms with Crippen molar-refractivity contribution >= 4 is 31.9 Å². The van der Waals surface area contributed by atoms with E-state index in [4.69, 9.17) is 0 Å². The van der Waals surface area contributed by atoms with E-state index in [-0.39, 0.29) is 10.8 Å². The number of alkyl halides is 2. The number of benzene rings is 5. The van der Waals surface area contributed by atoms with Crippen molar-refractivity contribution in [2.45, 2.75) is 178 Å². The van der Waals surface area contributed by atoms with Gasteiger partial charge in [-0.2, -0.15) is 0 Å². The molecule has 0 atom stereocenters. The Morgan fingerprint density at radius 2 is 0.667 bits per heavy atom. The van der Waals surface area contributed by atoms with Gasteiger partial charge in [-0.3, -0.25) is 0 Å². The number of unbranched alkanes of at least 4 members (excludes halogenated alkanes) is 12. The van der Waals surface area contributed by atoms with Crippen LogP contribution in [0.4, 0.5) is 0 Å². The molecular formula is C58H72Br2. The summed E-state index contributed by atoms with van der Waals surface area (Å²) in [4.78, 5) is 0. The molecule has 0 unspecified atom stereocenters. The van der Waals surface area contributed by atoms with Crippen LogP contribution in [0.15, 0.2) is 97.1 Å². The fraction of sp³-hybridized carbons (Fsp3) is 0.483. The lowest BCUT2D eigenvalue weighted by molar-refractivity contribution is 0.401. The Morgan fingerprint density at radius 1 is 0.333 bits per heavy atom. The molecular weight excluding hydrogens is 856 g/mol. The molecule has 318 valence electrons. The molecule has 0 nitrogen and oxygen atoms in total. The molecule has 0 saturated heterocycles. The van der Waals surface area contributed by atoms with Crippen LogP contribution in [0.2, 0.25) is 0 Å². The average molecular weight is 929 g/mol. The number of rotatable bonds is 24. The number of hydrogen-bond donors (Lipinski definition) is 0. The second-order valence-corrected chi connectivity index (χ2v) is 19.6. The van der Waals surface area contributed by atoms with E-state index in [9.17, 15) is 0 Å². The van der Waals surface area contributed by atoms with E-state index in [1.54, 1.807) is 22.3 Å². The number of fused-ring (bicyclic) bond motifs is 6. The monoisotopic (exact) mass is 926 g/mol. The molecule has 0 saturated carbocycles. The van der Waals surface area contributed by atoms with Gasteiger partial charge in [0, 0.05) is 21.5 Å². The fourth-order valence-electron chi connectivity index (χ4n) is 11.4. The third-order valence-corrected chi connectivity index (χ3v) is 15.8. The average Bonchev–Trinajstić information content (AvgIpc) is 3.72. The minimum atomic E-state index is 0.0811. The summed E-state index contributed by atoms with van der Waals surface area (Å²) in [5, 5.41) is 1.65. The molecule has 7 rings (SSSR count). The first-order valence-electron chi connectivity index (χ1n) is 24.3. The van der Waals surface area contributed by atoms with Crippen LogP contribution in [0, 0.1) is 0 Å². The van der Waals surface area contributed by atoms with E-state index >= 15 is 0 Å². The van der Waals surface area contributed by atoms with Crippen molar-refractivity contribution in [3.05, 3.63) is 130 Å². The van der Waals surface area contributed by atoms with Crippen molar-refractivity contribution in [1.82, 2.24) is 0 Å². The van der Waals surface area contributed by atoms with Gasteiger partial charge in [-0.25, -0.2) is 0 Å². The first kappa shape index (κ1) is 45.1. The summed E-state index contributed by atoms with van der Waals surface area (Å²) in [5.41, 5.74) is 20.5. The number of hydrogen-bond acceptors (Lipinski definition) is 0. The third kappa shape index (κ3) is 9.09. The van der Waals surface area contributed by atoms with E-state index in [1.807, 2.05) is 0 Å². The Balaban J connectivity index is 1.31. The number of halogens is 2. The normalized spacial score (nSPS) is 14.2. The van der Waals surface area contributed by atoms with Gasteiger partial charge in [-0.05, 0) is 128 Å². The lowest BCUT2D eigenvalue weighted by atomic mass is 9.70. The largest absolute Gasteiger partial charge is 0.0876 e. The summed E-state index contributed by atoms with van der Waals surface area (Å²) in [6, 6.07) is 39.0. The van der Waals surface area contributed by atoms with Crippen LogP contribution in [0.25, 0.3) is 44.5 Å². The topological polar surface area (TPSA) is 0 Å². The molecule has 0 amide bonds. The molecule has 0 heterocycles. The van der Waals surface area contributed by atoms with Gasteiger partial charge in [0.1, 0.15) is 0 Å². The molecule has 60 heavy (non-hydrogen) atoms. The Labute approximate surface area is 382 Å². The zero-order chi connectivity index (χ0) is 42.0. The third-order valence-electron chi connectivity index (χ3n) is 14.6. The first-order valence-corrected chi connectivity index (χ1v) is 26.5. The summed E-state index contributed by atoms with van der Waals surface area (Å²) in [6.07, 6.45) is 25.8. The molecule has 0 spiro atoms. The van der Waals surface area contributed by atoms with Crippen molar-refractivity contribution in [1.29, 1.82) is 0 Å². The Morgan fingerprint density at radius 3 is 1.00 bits per heavy atom. The van der Waals surface area contributed by atoms with Crippen LogP contribution in [0.1, 0.15) is 189 Å². The van der Waals surface area contributed by atoms with Crippen LogP contribution in [-0.4, -0.2) is 0 Å². The first-order chi connectivity index (χ1) is 29.5. The highest BCUT2D eigenvalue weighted by Gasteiger charge is 2.43. The lowest BCUT2D eigenvalue weighted by Gasteiger charge is -2.33. The van der Waals surface area contributed by atoms with Crippen molar-refractivity contribution < 1.29 is 0 Å². The second kappa shape index (κ2) is 21.4. The van der Waals surface area contributed by atoms with Gasteiger partial charge in [0.2, 0.25) is 0 Å². The predicted molar refractivity (Wildman–Crippen MR) is 270 cm³/mol. The Kier molecular flexibility index (Phi) is 16.1. The SMILES string of the molecule is CCCCCCC1(CCCCCC)c2ccccc2-c2ccc(-c3cc(CBr)c(-c4ccc5c(c4)C(CCCCCC)(CCCCCC)c4ccccc4-5)cc3CBr)cc21. The zero-order valence-corrected chi connectivity index (χ0v) is 40.7. The highest BCUT2D eigenvalue weighted by Crippen LogP contribution is 2.57. The zero-order valence-electron chi connectivity index (χ0n) is 37.5. The molecule has 2 aliphatic rings. The minimum absolute atomic E-state index is 0.0811. The van der Waals surface area contributed by atoms with Gasteiger partial charge in [0.15, 0.2) is 0 Å². The standard InChI is InChI=1S/C58H72Br2/c1-5-9-13-21-33-57(34-22-14-10-6-2)53-27-19-17-25-47(53)49-31-29-43(39-55(49)57)51-37-46(42-60)52(38-45(51)41-59)44-30-32-50-48-26-18-20-28-54(48)58(56(50)40-44,35-23-15-11-7-3)36-24-16-12-8-4/h17-20,25-32,37-40H,5-16,21-24,33-36,41-42H2,1-4H3. The predicted octanol–water partition coefficient (Wildman–Crippen LogP) is 19.2. The van der Waals surface area contributed by atoms with Gasteiger partial charge in [0.25, 0.3) is 0 Å². The van der Waals surface area contributed by atoms with E-state index in [0.717, 1.165) is 10.7 Å². The molecule has 0 N–H and O–H groups in total. The maximum absolute atomic E-state index is 4.02. The van der Waals surface area contributed by atoms with Crippen LogP contribution >= 0.6 is 31.9 Å². The Hall–Kier alpha value is -2.94. The van der Waals surface area contributed by atoms with Crippen LogP contribution in [0.3, 0.4) is 0 Å². The van der Waals surface area contributed by atoms with Crippen LogP contribution in [0.5, 0.6) is 0 Å². The maximum Gasteiger partial charge on any atom is 0.0289 e. The molecule has 2 heteroatoms. The molecule has 0 aliphatic heterocycles. The molecule has 0 radical (unpaired) electrons. The highest BCUT2D eigenvalue weighted by atomic mass is 79.9. The van der Waals surface area contributed by atoms with Crippen LogP contribution < -0.4 is 0 Å². The molecule has 0 fully saturated rings. The van der Waals surface area contributed by atoms with Crippen molar-refractivity contribution in [3.8, 4) is 44.5 Å². The lowest BCUT2D eigenvalue weighted by Crippen LogP contribution is -2.25. The van der Waals surface area contributed by atoms with Crippen molar-refractivity contribution in [3.63, 3.8) is 0 Å². The van der Waals surface area contributed by atoms with Crippen LogP contribution in [-0.2, 0) is 21.5 Å². The quantitative estimate of drug-likeness (QED) is 0.0427. The Bertz CT molecular complexity index is 1990. The molecule has 5 aromatic rings. The second-order valence-electron chi connectivity index (χ2n) is 18.5. The smallest absolute Gasteiger partial charge is 0.0289 e. The van der Waals surface area contributed by atoms with E-state index < -0.39 is 0 Å². The van der Waals surface area contributed by atoms with Gasteiger partial charge < -0.3 is 0 Å². The van der Waals surface area contributed by atoms with Gasteiger partial charge in [-0.1, -0.05) is 235 Å². The van der Waals surface area contributed by atoms with Gasteiger partial charge in [-0.15, -0.1) is 0 Å². The molecule has 0 aromatic heterocycles. The van der Waals surface area contributed by atoms with Gasteiger partial charge in [0.05, 0.1) is 0 Å². The van der Waals surface area contributed by atoms with E-state index in [0.29, 0.717) is 0 Å². The molecule has 5 aromatic carbocycles. The highest BCUT2D eigenvalue weighted by molar-refractivity contribution is 9.08. The summed E-state index contributed by atoms with van der Waals surface area (Å²) >= 11 is 8.05. The van der Waals surface area contributed by atoms with Crippen molar-refractivity contribution in [2.24, 2.45) is 0 Å². The van der Waals surface area contributed by atoms with E-state index in [1.165, 1.54) is 184 Å². The van der Waals surface area contributed by atoms with Gasteiger partial charge >= 0.3 is 0 Å². The summed E-state index contributed by atoms with van der Waals surface area (Å²) in [5.74, 6) is 0. The van der Waals surface area contributed by atoms with E-state index in [2.05, 4.69) is 157 Å². The summed E-state index contributed by atoms with van der Waals surface area (Å²) in [7, 11) is 0. The summed E-state index contributed by atoms with van der Waals surface area (Å²) < 4.78 is 0. The maximum atomic E-state index is 4.02. The fourth-order valence-corrected chi connectivity index (χ4v) is 12.4. The minimum Gasteiger partial charge on any atom is -0.0876 e. The molecule has 0 bridgehead atoms. The molecule has 2 aliphatic carbocycles.